The first kappa shape index (κ1) is 16.0. The van der Waals surface area contributed by atoms with Crippen LogP contribution in [0.4, 0.5) is 10.1 Å². The van der Waals surface area contributed by atoms with Crippen LogP contribution >= 0.6 is 15.9 Å². The molecule has 1 rings (SSSR count). The number of aryl methyl sites for hydroxylation is 1. The highest BCUT2D eigenvalue weighted by Crippen LogP contribution is 2.24. The van der Waals surface area contributed by atoms with Crippen LogP contribution in [0.25, 0.3) is 0 Å². The highest BCUT2D eigenvalue weighted by molar-refractivity contribution is 9.10. The van der Waals surface area contributed by atoms with Crippen LogP contribution in [0.2, 0.25) is 0 Å². The van der Waals surface area contributed by atoms with Crippen molar-refractivity contribution in [2.75, 3.05) is 11.9 Å². The average molecular weight is 331 g/mol. The van der Waals surface area contributed by atoms with E-state index in [0.717, 1.165) is 18.4 Å². The van der Waals surface area contributed by atoms with E-state index >= 15 is 0 Å². The highest BCUT2D eigenvalue weighted by atomic mass is 79.9. The minimum absolute atomic E-state index is 0.0730. The second-order valence-electron chi connectivity index (χ2n) is 4.59. The van der Waals surface area contributed by atoms with E-state index in [2.05, 4.69) is 33.5 Å². The summed E-state index contributed by atoms with van der Waals surface area (Å²) in [6.07, 6.45) is 2.00. The van der Waals surface area contributed by atoms with Gasteiger partial charge in [0.05, 0.1) is 4.47 Å². The molecule has 2 N–H and O–H groups in total. The number of benzene rings is 1. The number of halogens is 2. The summed E-state index contributed by atoms with van der Waals surface area (Å²) in [6, 6.07) is 2.70. The zero-order valence-electron chi connectivity index (χ0n) is 11.5. The van der Waals surface area contributed by atoms with Gasteiger partial charge in [0.1, 0.15) is 11.9 Å². The fraction of sp³-hybridized carbons (Fsp3) is 0.500. The summed E-state index contributed by atoms with van der Waals surface area (Å²) in [6.45, 7) is 6.38. The van der Waals surface area contributed by atoms with Gasteiger partial charge >= 0.3 is 0 Å². The number of amides is 1. The predicted molar refractivity (Wildman–Crippen MR) is 79.8 cm³/mol. The van der Waals surface area contributed by atoms with Crippen molar-refractivity contribution in [3.05, 3.63) is 28.0 Å². The molecule has 0 bridgehead atoms. The molecular formula is C14H20BrFN2O. The van der Waals surface area contributed by atoms with Gasteiger partial charge < -0.3 is 10.6 Å². The maximum atomic E-state index is 13.5. The third-order valence-electron chi connectivity index (χ3n) is 2.86. The Hall–Kier alpha value is -1.10. The van der Waals surface area contributed by atoms with Crippen LogP contribution in [0, 0.1) is 12.7 Å². The van der Waals surface area contributed by atoms with Gasteiger partial charge in [-0.3, -0.25) is 4.79 Å². The van der Waals surface area contributed by atoms with Crippen LogP contribution in [-0.2, 0) is 4.79 Å². The lowest BCUT2D eigenvalue weighted by Crippen LogP contribution is -2.38. The molecule has 0 aliphatic carbocycles. The Morgan fingerprint density at radius 2 is 2.16 bits per heavy atom. The molecule has 3 nitrogen and oxygen atoms in total. The van der Waals surface area contributed by atoms with Crippen molar-refractivity contribution in [3.63, 3.8) is 0 Å². The Labute approximate surface area is 122 Å². The normalized spacial score (nSPS) is 12.1. The highest BCUT2D eigenvalue weighted by Gasteiger charge is 2.14. The van der Waals surface area contributed by atoms with E-state index in [0.29, 0.717) is 16.7 Å². The first-order chi connectivity index (χ1) is 8.95. The predicted octanol–water partition coefficient (Wildman–Crippen LogP) is 3.61. The first-order valence-corrected chi connectivity index (χ1v) is 7.25. The van der Waals surface area contributed by atoms with Gasteiger partial charge in [-0.1, -0.05) is 13.3 Å². The Kier molecular flexibility index (Phi) is 6.28. The van der Waals surface area contributed by atoms with Gasteiger partial charge in [0.15, 0.2) is 0 Å². The number of unbranched alkanes of at least 4 members (excludes halogenated alkanes) is 1. The average Bonchev–Trinajstić information content (AvgIpc) is 2.36. The lowest BCUT2D eigenvalue weighted by molar-refractivity contribution is -0.121. The standard InChI is InChI=1S/C14H20BrFN2O/c1-4-5-6-17-14(19)10(3)18-13-8-12(16)11(15)7-9(13)2/h7-8,10,18H,4-6H2,1-3H3,(H,17,19). The van der Waals surface area contributed by atoms with Crippen molar-refractivity contribution in [3.8, 4) is 0 Å². The number of hydrogen-bond donors (Lipinski definition) is 2. The quantitative estimate of drug-likeness (QED) is 0.782. The molecule has 1 unspecified atom stereocenters. The van der Waals surface area contributed by atoms with Crippen molar-refractivity contribution in [1.82, 2.24) is 5.32 Å². The molecule has 1 atom stereocenters. The lowest BCUT2D eigenvalue weighted by Gasteiger charge is -2.17. The molecule has 0 fully saturated rings. The number of carbonyl (C=O) groups is 1. The summed E-state index contributed by atoms with van der Waals surface area (Å²) in [5.74, 6) is -0.414. The Morgan fingerprint density at radius 3 is 2.79 bits per heavy atom. The molecule has 0 spiro atoms. The van der Waals surface area contributed by atoms with Crippen LogP contribution in [0.5, 0.6) is 0 Å². The van der Waals surface area contributed by atoms with Gasteiger partial charge in [0, 0.05) is 12.2 Å². The van der Waals surface area contributed by atoms with Gasteiger partial charge in [-0.2, -0.15) is 0 Å². The van der Waals surface area contributed by atoms with E-state index in [1.807, 2.05) is 6.92 Å². The van der Waals surface area contributed by atoms with Crippen molar-refractivity contribution < 1.29 is 9.18 Å². The van der Waals surface area contributed by atoms with Crippen LogP contribution in [0.3, 0.4) is 0 Å². The summed E-state index contributed by atoms with van der Waals surface area (Å²) in [7, 11) is 0. The zero-order chi connectivity index (χ0) is 14.4. The van der Waals surface area contributed by atoms with E-state index < -0.39 is 6.04 Å². The third kappa shape index (κ3) is 4.82. The number of carbonyl (C=O) groups excluding carboxylic acids is 1. The fourth-order valence-electron chi connectivity index (χ4n) is 1.64. The molecule has 0 aromatic heterocycles. The van der Waals surface area contributed by atoms with Gasteiger partial charge in [0.2, 0.25) is 5.91 Å². The number of nitrogens with one attached hydrogen (secondary N) is 2. The Bertz CT molecular complexity index is 451. The summed E-state index contributed by atoms with van der Waals surface area (Å²) in [5.41, 5.74) is 1.53. The molecule has 1 amide bonds. The molecule has 0 radical (unpaired) electrons. The summed E-state index contributed by atoms with van der Waals surface area (Å²) in [4.78, 5) is 11.8. The molecule has 1 aromatic carbocycles. The SMILES string of the molecule is CCCCNC(=O)C(C)Nc1cc(F)c(Br)cc1C. The van der Waals surface area contributed by atoms with E-state index in [-0.39, 0.29) is 11.7 Å². The van der Waals surface area contributed by atoms with E-state index in [4.69, 9.17) is 0 Å². The summed E-state index contributed by atoms with van der Waals surface area (Å²) >= 11 is 3.14. The second kappa shape index (κ2) is 7.48. The van der Waals surface area contributed by atoms with E-state index in [1.54, 1.807) is 13.0 Å². The molecule has 106 valence electrons. The minimum atomic E-state index is -0.392. The van der Waals surface area contributed by atoms with Gasteiger partial charge in [0.25, 0.3) is 0 Å². The lowest BCUT2D eigenvalue weighted by atomic mass is 10.1. The topological polar surface area (TPSA) is 41.1 Å². The van der Waals surface area contributed by atoms with Crippen molar-refractivity contribution in [2.45, 2.75) is 39.7 Å². The van der Waals surface area contributed by atoms with Crippen LogP contribution in [0.15, 0.2) is 16.6 Å². The van der Waals surface area contributed by atoms with Crippen molar-refractivity contribution in [2.24, 2.45) is 0 Å². The molecule has 0 saturated heterocycles. The maximum absolute atomic E-state index is 13.5. The van der Waals surface area contributed by atoms with Crippen LogP contribution in [-0.4, -0.2) is 18.5 Å². The molecule has 0 aliphatic rings. The van der Waals surface area contributed by atoms with Crippen LogP contribution < -0.4 is 10.6 Å². The van der Waals surface area contributed by atoms with Crippen molar-refractivity contribution in [1.29, 1.82) is 0 Å². The molecule has 0 heterocycles. The van der Waals surface area contributed by atoms with Crippen molar-refractivity contribution >= 4 is 27.5 Å². The summed E-state index contributed by atoms with van der Waals surface area (Å²) in [5, 5.41) is 5.88. The van der Waals surface area contributed by atoms with Crippen LogP contribution in [0.1, 0.15) is 32.3 Å². The largest absolute Gasteiger partial charge is 0.374 e. The zero-order valence-corrected chi connectivity index (χ0v) is 13.1. The molecular weight excluding hydrogens is 311 g/mol. The monoisotopic (exact) mass is 330 g/mol. The molecule has 1 aromatic rings. The summed E-state index contributed by atoms with van der Waals surface area (Å²) < 4.78 is 13.9. The number of anilines is 1. The molecule has 0 aliphatic heterocycles. The molecule has 5 heteroatoms. The third-order valence-corrected chi connectivity index (χ3v) is 3.47. The smallest absolute Gasteiger partial charge is 0.242 e. The number of hydrogen-bond acceptors (Lipinski definition) is 2. The van der Waals surface area contributed by atoms with Gasteiger partial charge in [-0.15, -0.1) is 0 Å². The van der Waals surface area contributed by atoms with E-state index in [9.17, 15) is 9.18 Å². The number of rotatable bonds is 6. The minimum Gasteiger partial charge on any atom is -0.374 e. The maximum Gasteiger partial charge on any atom is 0.242 e. The second-order valence-corrected chi connectivity index (χ2v) is 5.45. The molecule has 19 heavy (non-hydrogen) atoms. The van der Waals surface area contributed by atoms with Gasteiger partial charge in [-0.05, 0) is 53.9 Å². The molecule has 0 saturated carbocycles. The van der Waals surface area contributed by atoms with E-state index in [1.165, 1.54) is 6.07 Å². The Balaban J connectivity index is 2.63. The van der Waals surface area contributed by atoms with Gasteiger partial charge in [-0.25, -0.2) is 4.39 Å². The first-order valence-electron chi connectivity index (χ1n) is 6.45. The Morgan fingerprint density at radius 1 is 1.47 bits per heavy atom. The fourth-order valence-corrected chi connectivity index (χ4v) is 2.10.